The average Bonchev–Trinajstić information content (AvgIpc) is 2.03. The molecule has 0 aliphatic rings. The third-order valence-corrected chi connectivity index (χ3v) is 1.20. The number of nitrogens with zero attached hydrogens (tertiary/aromatic N) is 1. The second kappa shape index (κ2) is 4.80. The third-order valence-electron chi connectivity index (χ3n) is 1.20. The van der Waals surface area contributed by atoms with Gasteiger partial charge in [0.1, 0.15) is 0 Å². The van der Waals surface area contributed by atoms with E-state index in [-0.39, 0.29) is 18.0 Å². The lowest BCUT2D eigenvalue weighted by Crippen LogP contribution is -2.37. The first-order chi connectivity index (χ1) is 5.99. The van der Waals surface area contributed by atoms with Gasteiger partial charge in [-0.15, -0.1) is 12.4 Å². The molecule has 3 nitrogen and oxygen atoms in total. The Balaban J connectivity index is 0.00000169. The minimum absolute atomic E-state index is 0. The minimum atomic E-state index is -4.69. The second-order valence-electron chi connectivity index (χ2n) is 2.19. The summed E-state index contributed by atoms with van der Waals surface area (Å²) in [5.74, 6) is -1.19. The summed E-state index contributed by atoms with van der Waals surface area (Å²) < 4.78 is 34.9. The quantitative estimate of drug-likeness (QED) is 0.742. The van der Waals surface area contributed by atoms with Crippen LogP contribution in [0.5, 0.6) is 0 Å². The van der Waals surface area contributed by atoms with E-state index in [4.69, 9.17) is 0 Å². The molecule has 0 spiro atoms. The molecule has 0 atom stereocenters. The van der Waals surface area contributed by atoms with Gasteiger partial charge in [0.25, 0.3) is 5.91 Å². The number of carbonyl (C=O) groups is 1. The Morgan fingerprint density at radius 2 is 1.79 bits per heavy atom. The molecule has 0 bridgehead atoms. The monoisotopic (exact) mass is 226 g/mol. The Hall–Kier alpha value is -1.30. The number of amides is 1. The van der Waals surface area contributed by atoms with Crippen molar-refractivity contribution in [2.45, 2.75) is 6.30 Å². The Morgan fingerprint density at radius 1 is 1.29 bits per heavy atom. The van der Waals surface area contributed by atoms with Crippen molar-refractivity contribution >= 4 is 18.3 Å². The van der Waals surface area contributed by atoms with Crippen molar-refractivity contribution in [3.05, 3.63) is 30.1 Å². The van der Waals surface area contributed by atoms with Gasteiger partial charge in [-0.2, -0.15) is 13.2 Å². The SMILES string of the molecule is Cl.O=C(NC(F)(F)F)c1ccncc1. The van der Waals surface area contributed by atoms with Crippen LogP contribution in [0.15, 0.2) is 24.5 Å². The summed E-state index contributed by atoms with van der Waals surface area (Å²) in [5.41, 5.74) is -0.0766. The van der Waals surface area contributed by atoms with Crippen molar-refractivity contribution in [1.29, 1.82) is 0 Å². The molecule has 1 aromatic rings. The van der Waals surface area contributed by atoms with Crippen LogP contribution in [-0.4, -0.2) is 17.2 Å². The largest absolute Gasteiger partial charge is 0.484 e. The number of halogens is 4. The van der Waals surface area contributed by atoms with Crippen molar-refractivity contribution in [1.82, 2.24) is 10.3 Å². The van der Waals surface area contributed by atoms with Crippen molar-refractivity contribution in [3.63, 3.8) is 0 Å². The summed E-state index contributed by atoms with van der Waals surface area (Å²) in [6, 6.07) is 2.39. The van der Waals surface area contributed by atoms with E-state index >= 15 is 0 Å². The van der Waals surface area contributed by atoms with Crippen LogP contribution in [0.25, 0.3) is 0 Å². The molecular formula is C7H6ClF3N2O. The van der Waals surface area contributed by atoms with Crippen LogP contribution < -0.4 is 5.32 Å². The van der Waals surface area contributed by atoms with Gasteiger partial charge in [-0.3, -0.25) is 15.1 Å². The number of hydrogen-bond acceptors (Lipinski definition) is 2. The molecule has 0 fully saturated rings. The molecular weight excluding hydrogens is 221 g/mol. The van der Waals surface area contributed by atoms with E-state index in [1.807, 2.05) is 0 Å². The van der Waals surface area contributed by atoms with E-state index in [1.165, 1.54) is 24.5 Å². The first-order valence-corrected chi connectivity index (χ1v) is 3.28. The molecule has 0 saturated heterocycles. The zero-order chi connectivity index (χ0) is 9.90. The topological polar surface area (TPSA) is 42.0 Å². The molecule has 0 aliphatic carbocycles. The molecule has 0 saturated carbocycles. The van der Waals surface area contributed by atoms with Gasteiger partial charge in [0, 0.05) is 18.0 Å². The van der Waals surface area contributed by atoms with Gasteiger partial charge in [-0.05, 0) is 12.1 Å². The fourth-order valence-electron chi connectivity index (χ4n) is 0.704. The molecule has 0 aliphatic heterocycles. The van der Waals surface area contributed by atoms with Gasteiger partial charge < -0.3 is 0 Å². The molecule has 0 aromatic carbocycles. The Morgan fingerprint density at radius 3 is 2.21 bits per heavy atom. The number of aromatic nitrogens is 1. The molecule has 0 unspecified atom stereocenters. The number of rotatable bonds is 1. The number of carbonyl (C=O) groups excluding carboxylic acids is 1. The Kier molecular flexibility index (Phi) is 4.36. The van der Waals surface area contributed by atoms with Crippen LogP contribution in [0.4, 0.5) is 13.2 Å². The van der Waals surface area contributed by atoms with E-state index in [2.05, 4.69) is 4.98 Å². The summed E-state index contributed by atoms with van der Waals surface area (Å²) in [7, 11) is 0. The van der Waals surface area contributed by atoms with Gasteiger partial charge in [-0.25, -0.2) is 0 Å². The van der Waals surface area contributed by atoms with E-state index in [0.717, 1.165) is 5.32 Å². The lowest BCUT2D eigenvalue weighted by molar-refractivity contribution is -0.146. The van der Waals surface area contributed by atoms with Crippen LogP contribution in [-0.2, 0) is 0 Å². The maximum Gasteiger partial charge on any atom is 0.484 e. The van der Waals surface area contributed by atoms with Gasteiger partial charge in [0.05, 0.1) is 0 Å². The summed E-state index contributed by atoms with van der Waals surface area (Å²) >= 11 is 0. The van der Waals surface area contributed by atoms with Crippen LogP contribution in [0.2, 0.25) is 0 Å². The van der Waals surface area contributed by atoms with Gasteiger partial charge in [0.2, 0.25) is 0 Å². The fourth-order valence-corrected chi connectivity index (χ4v) is 0.704. The number of hydrogen-bond donors (Lipinski definition) is 1. The minimum Gasteiger partial charge on any atom is -0.269 e. The highest BCUT2D eigenvalue weighted by Crippen LogP contribution is 2.10. The van der Waals surface area contributed by atoms with Crippen molar-refractivity contribution in [2.75, 3.05) is 0 Å². The first-order valence-electron chi connectivity index (χ1n) is 3.28. The standard InChI is InChI=1S/C7H5F3N2O.ClH/c8-7(9,10)12-6(13)5-1-3-11-4-2-5;/h1-4H,(H,12,13);1H. The maximum absolute atomic E-state index is 11.6. The van der Waals surface area contributed by atoms with Crippen LogP contribution >= 0.6 is 12.4 Å². The highest BCUT2D eigenvalue weighted by molar-refractivity contribution is 5.94. The van der Waals surface area contributed by atoms with Crippen molar-refractivity contribution in [2.24, 2.45) is 0 Å². The molecule has 78 valence electrons. The summed E-state index contributed by atoms with van der Waals surface area (Å²) in [6.45, 7) is 0. The maximum atomic E-state index is 11.6. The highest BCUT2D eigenvalue weighted by atomic mass is 35.5. The molecule has 7 heteroatoms. The summed E-state index contributed by atoms with van der Waals surface area (Å²) in [5, 5.41) is 0.869. The van der Waals surface area contributed by atoms with Crippen molar-refractivity contribution < 1.29 is 18.0 Å². The summed E-state index contributed by atoms with van der Waals surface area (Å²) in [6.07, 6.45) is -2.21. The van der Waals surface area contributed by atoms with E-state index in [0.29, 0.717) is 0 Å². The number of nitrogens with one attached hydrogen (secondary N) is 1. The van der Waals surface area contributed by atoms with E-state index < -0.39 is 12.2 Å². The third kappa shape index (κ3) is 4.08. The van der Waals surface area contributed by atoms with Gasteiger partial charge >= 0.3 is 6.30 Å². The Labute approximate surface area is 83.7 Å². The lowest BCUT2D eigenvalue weighted by atomic mass is 10.2. The van der Waals surface area contributed by atoms with E-state index in [9.17, 15) is 18.0 Å². The van der Waals surface area contributed by atoms with E-state index in [1.54, 1.807) is 0 Å². The van der Waals surface area contributed by atoms with Crippen LogP contribution in [0, 0.1) is 0 Å². The normalized spacial score (nSPS) is 10.2. The first kappa shape index (κ1) is 12.7. The molecule has 1 heterocycles. The molecule has 1 N–H and O–H groups in total. The number of alkyl halides is 3. The lowest BCUT2D eigenvalue weighted by Gasteiger charge is -2.07. The van der Waals surface area contributed by atoms with Crippen LogP contribution in [0.3, 0.4) is 0 Å². The predicted octanol–water partition coefficient (Wildman–Crippen LogP) is 1.75. The molecule has 1 rings (SSSR count). The Bertz CT molecular complexity index is 302. The van der Waals surface area contributed by atoms with Crippen LogP contribution in [0.1, 0.15) is 10.4 Å². The smallest absolute Gasteiger partial charge is 0.269 e. The summed E-state index contributed by atoms with van der Waals surface area (Å²) in [4.78, 5) is 14.4. The predicted molar refractivity (Wildman–Crippen MR) is 45.0 cm³/mol. The zero-order valence-corrected chi connectivity index (χ0v) is 7.52. The van der Waals surface area contributed by atoms with Gasteiger partial charge in [0.15, 0.2) is 0 Å². The molecule has 0 radical (unpaired) electrons. The number of pyridine rings is 1. The second-order valence-corrected chi connectivity index (χ2v) is 2.19. The fraction of sp³-hybridized carbons (Fsp3) is 0.143. The molecule has 1 aromatic heterocycles. The average molecular weight is 227 g/mol. The molecule has 1 amide bonds. The zero-order valence-electron chi connectivity index (χ0n) is 6.71. The molecule has 14 heavy (non-hydrogen) atoms. The highest BCUT2D eigenvalue weighted by Gasteiger charge is 2.30. The van der Waals surface area contributed by atoms with Crippen molar-refractivity contribution in [3.8, 4) is 0 Å². The van der Waals surface area contributed by atoms with Gasteiger partial charge in [-0.1, -0.05) is 0 Å².